The lowest BCUT2D eigenvalue weighted by molar-refractivity contribution is -0.167. The molecule has 1 aliphatic rings. The molecule has 4 amide bonds. The molecule has 5 N–H and O–H groups in total. The number of nitrogens with one attached hydrogen (secondary N) is 2. The van der Waals surface area contributed by atoms with Crippen molar-refractivity contribution in [2.45, 2.75) is 38.5 Å². The standard InChI is InChI=1S/C24H28N4O4.C8H8ClNO/c1-17(25)26-14-8-13-20-21(23(30)31)28(22(20)29)24(32)27(15-18-9-4-2-5-10-18)16-19-11-6-3-7-12-19;9-8(11)10-6-7-4-2-1-3-5-7/h2-7,9-12,20-21,26H,1,8,13-16,25H2,(H,30,31);1-5H,6H2,(H,10,11)/t20-,21?;/m1./s1. The van der Waals surface area contributed by atoms with E-state index in [1.165, 1.54) is 4.90 Å². The van der Waals surface area contributed by atoms with Crippen LogP contribution in [0.5, 0.6) is 0 Å². The van der Waals surface area contributed by atoms with Gasteiger partial charge >= 0.3 is 17.4 Å². The number of hydrogen-bond acceptors (Lipinski definition) is 6. The first kappa shape index (κ1) is 32.7. The van der Waals surface area contributed by atoms with E-state index in [2.05, 4.69) is 17.2 Å². The fraction of sp³-hybridized carbons (Fsp3) is 0.250. The van der Waals surface area contributed by atoms with Crippen molar-refractivity contribution in [2.75, 3.05) is 6.54 Å². The van der Waals surface area contributed by atoms with Crippen molar-refractivity contribution in [2.24, 2.45) is 11.7 Å². The average molecular weight is 606 g/mol. The number of carbonyl (C=O) groups excluding carboxylic acids is 3. The van der Waals surface area contributed by atoms with Crippen molar-refractivity contribution >= 4 is 34.9 Å². The van der Waals surface area contributed by atoms with E-state index < -0.39 is 35.2 Å². The number of benzene rings is 3. The maximum atomic E-state index is 13.4. The van der Waals surface area contributed by atoms with Gasteiger partial charge in [0.2, 0.25) is 5.91 Å². The second kappa shape index (κ2) is 16.6. The van der Waals surface area contributed by atoms with E-state index in [0.29, 0.717) is 31.8 Å². The highest BCUT2D eigenvalue weighted by Gasteiger charge is 2.55. The van der Waals surface area contributed by atoms with Crippen molar-refractivity contribution < 1.29 is 24.3 Å². The number of rotatable bonds is 12. The molecular formula is C32H36ClN5O5. The summed E-state index contributed by atoms with van der Waals surface area (Å²) in [6, 6.07) is 26.6. The van der Waals surface area contributed by atoms with E-state index in [1.54, 1.807) is 0 Å². The number of likely N-dealkylation sites (tertiary alicyclic amines) is 1. The molecule has 0 bridgehead atoms. The molecule has 43 heavy (non-hydrogen) atoms. The number of urea groups is 1. The fourth-order valence-corrected chi connectivity index (χ4v) is 4.68. The number of β-lactam (4-membered cyclic amide) rings is 1. The quantitative estimate of drug-likeness (QED) is 0.102. The van der Waals surface area contributed by atoms with Crippen molar-refractivity contribution in [1.29, 1.82) is 0 Å². The largest absolute Gasteiger partial charge is 0.480 e. The smallest absolute Gasteiger partial charge is 0.328 e. The zero-order valence-corrected chi connectivity index (χ0v) is 24.5. The fourth-order valence-electron chi connectivity index (χ4n) is 4.62. The molecule has 2 atom stereocenters. The molecular weight excluding hydrogens is 570 g/mol. The number of halogens is 1. The number of carboxylic acids is 1. The molecule has 0 saturated carbocycles. The summed E-state index contributed by atoms with van der Waals surface area (Å²) in [6.07, 6.45) is 0.882. The summed E-state index contributed by atoms with van der Waals surface area (Å²) in [5.41, 5.74) is 8.28. The molecule has 0 radical (unpaired) electrons. The Kier molecular flexibility index (Phi) is 12.6. The molecule has 1 fully saturated rings. The first-order valence-corrected chi connectivity index (χ1v) is 14.1. The number of nitrogens with zero attached hydrogens (tertiary/aromatic N) is 2. The summed E-state index contributed by atoms with van der Waals surface area (Å²) in [6.45, 7) is 5.03. The molecule has 1 saturated heterocycles. The van der Waals surface area contributed by atoms with E-state index in [0.717, 1.165) is 21.6 Å². The van der Waals surface area contributed by atoms with E-state index in [1.807, 2.05) is 91.0 Å². The summed E-state index contributed by atoms with van der Waals surface area (Å²) in [5, 5.41) is 14.6. The minimum atomic E-state index is -1.18. The predicted octanol–water partition coefficient (Wildman–Crippen LogP) is 4.66. The van der Waals surface area contributed by atoms with Gasteiger partial charge in [0.1, 0.15) is 0 Å². The second-order valence-corrected chi connectivity index (χ2v) is 10.3. The van der Waals surface area contributed by atoms with Crippen LogP contribution in [0.1, 0.15) is 29.5 Å². The molecule has 1 aliphatic heterocycles. The topological polar surface area (TPSA) is 145 Å². The van der Waals surface area contributed by atoms with Crippen LogP contribution in [0.4, 0.5) is 9.59 Å². The molecule has 1 heterocycles. The highest BCUT2D eigenvalue weighted by Crippen LogP contribution is 2.32. The molecule has 1 unspecified atom stereocenters. The van der Waals surface area contributed by atoms with Gasteiger partial charge in [0.05, 0.1) is 11.7 Å². The van der Waals surface area contributed by atoms with Gasteiger partial charge < -0.3 is 26.4 Å². The summed E-state index contributed by atoms with van der Waals surface area (Å²) < 4.78 is 0. The molecule has 0 aliphatic carbocycles. The lowest BCUT2D eigenvalue weighted by Crippen LogP contribution is -2.68. The van der Waals surface area contributed by atoms with Crippen LogP contribution in [0.3, 0.4) is 0 Å². The SMILES string of the molecule is C=C(N)NCCC[C@H]1C(=O)N(C(=O)N(Cc2ccccc2)Cc2ccccc2)C1C(=O)O.O=C(Cl)NCc1ccccc1. The van der Waals surface area contributed by atoms with Crippen LogP contribution in [0.15, 0.2) is 103 Å². The summed E-state index contributed by atoms with van der Waals surface area (Å²) in [7, 11) is 0. The Balaban J connectivity index is 0.000000386. The maximum Gasteiger partial charge on any atom is 0.328 e. The Morgan fingerprint density at radius 2 is 1.35 bits per heavy atom. The number of hydrogen-bond donors (Lipinski definition) is 4. The van der Waals surface area contributed by atoms with Gasteiger partial charge in [0.15, 0.2) is 6.04 Å². The van der Waals surface area contributed by atoms with Gasteiger partial charge in [-0.1, -0.05) is 97.6 Å². The maximum absolute atomic E-state index is 13.4. The molecule has 4 rings (SSSR count). The Bertz CT molecular complexity index is 1330. The molecule has 0 aromatic heterocycles. The number of imide groups is 1. The lowest BCUT2D eigenvalue weighted by Gasteiger charge is -2.45. The summed E-state index contributed by atoms with van der Waals surface area (Å²) >= 11 is 5.08. The van der Waals surface area contributed by atoms with Crippen LogP contribution < -0.4 is 16.4 Å². The molecule has 3 aromatic carbocycles. The monoisotopic (exact) mass is 605 g/mol. The van der Waals surface area contributed by atoms with Crippen LogP contribution in [-0.4, -0.2) is 50.8 Å². The highest BCUT2D eigenvalue weighted by atomic mass is 35.5. The van der Waals surface area contributed by atoms with Crippen LogP contribution in [0, 0.1) is 5.92 Å². The van der Waals surface area contributed by atoms with E-state index in [4.69, 9.17) is 17.3 Å². The van der Waals surface area contributed by atoms with E-state index in [-0.39, 0.29) is 13.1 Å². The van der Waals surface area contributed by atoms with Gasteiger partial charge in [0.25, 0.3) is 0 Å². The third kappa shape index (κ3) is 10.2. The highest BCUT2D eigenvalue weighted by molar-refractivity contribution is 6.62. The zero-order chi connectivity index (χ0) is 31.2. The molecule has 226 valence electrons. The number of nitrogens with two attached hydrogens (primary N) is 1. The predicted molar refractivity (Wildman–Crippen MR) is 164 cm³/mol. The minimum Gasteiger partial charge on any atom is -0.480 e. The Labute approximate surface area is 256 Å². The molecule has 3 aromatic rings. The molecule has 0 spiro atoms. The van der Waals surface area contributed by atoms with Gasteiger partial charge in [-0.2, -0.15) is 0 Å². The first-order valence-electron chi connectivity index (χ1n) is 13.8. The van der Waals surface area contributed by atoms with Gasteiger partial charge in [0, 0.05) is 26.2 Å². The third-order valence-electron chi connectivity index (χ3n) is 6.69. The van der Waals surface area contributed by atoms with Crippen LogP contribution in [0.2, 0.25) is 0 Å². The van der Waals surface area contributed by atoms with Crippen molar-refractivity contribution in [1.82, 2.24) is 20.4 Å². The normalized spacial score (nSPS) is 15.3. The number of carboxylic acid groups (broad SMARTS) is 1. The number of amides is 4. The lowest BCUT2D eigenvalue weighted by atomic mass is 9.83. The van der Waals surface area contributed by atoms with Crippen molar-refractivity contribution in [3.8, 4) is 0 Å². The van der Waals surface area contributed by atoms with E-state index in [9.17, 15) is 24.3 Å². The van der Waals surface area contributed by atoms with Crippen molar-refractivity contribution in [3.05, 3.63) is 120 Å². The van der Waals surface area contributed by atoms with Gasteiger partial charge in [-0.3, -0.25) is 9.59 Å². The first-order chi connectivity index (χ1) is 20.7. The number of aliphatic carboxylic acids is 1. The number of carbonyl (C=O) groups is 4. The van der Waals surface area contributed by atoms with Crippen LogP contribution in [-0.2, 0) is 29.2 Å². The summed E-state index contributed by atoms with van der Waals surface area (Å²) in [4.78, 5) is 50.7. The van der Waals surface area contributed by atoms with Gasteiger partial charge in [-0.15, -0.1) is 0 Å². The van der Waals surface area contributed by atoms with Crippen molar-refractivity contribution in [3.63, 3.8) is 0 Å². The average Bonchev–Trinajstić information content (AvgIpc) is 2.99. The van der Waals surface area contributed by atoms with Gasteiger partial charge in [-0.25, -0.2) is 14.5 Å². The van der Waals surface area contributed by atoms with E-state index >= 15 is 0 Å². The minimum absolute atomic E-state index is 0.262. The Morgan fingerprint density at radius 3 is 1.79 bits per heavy atom. The Morgan fingerprint density at radius 1 is 0.860 bits per heavy atom. The zero-order valence-electron chi connectivity index (χ0n) is 23.7. The summed E-state index contributed by atoms with van der Waals surface area (Å²) in [5.74, 6) is -2.06. The van der Waals surface area contributed by atoms with Crippen LogP contribution in [0.25, 0.3) is 0 Å². The van der Waals surface area contributed by atoms with Crippen LogP contribution >= 0.6 is 11.6 Å². The third-order valence-corrected chi connectivity index (χ3v) is 6.83. The Hall–Kier alpha value is -4.83. The molecule has 10 nitrogen and oxygen atoms in total. The van der Waals surface area contributed by atoms with Gasteiger partial charge in [-0.05, 0) is 41.1 Å². The molecule has 11 heteroatoms. The second-order valence-electron chi connectivity index (χ2n) is 9.91.